The van der Waals surface area contributed by atoms with E-state index >= 15 is 0 Å². The van der Waals surface area contributed by atoms with Crippen LogP contribution in [0.15, 0.2) is 82.8 Å². The molecule has 8 nitrogen and oxygen atoms in total. The predicted molar refractivity (Wildman–Crippen MR) is 134 cm³/mol. The van der Waals surface area contributed by atoms with E-state index in [0.717, 1.165) is 22.4 Å². The van der Waals surface area contributed by atoms with Gasteiger partial charge in [-0.2, -0.15) is 5.10 Å². The van der Waals surface area contributed by atoms with Crippen LogP contribution in [0.1, 0.15) is 36.6 Å². The molecule has 0 saturated carbocycles. The van der Waals surface area contributed by atoms with Crippen LogP contribution in [0.4, 0.5) is 11.4 Å². The molecule has 0 aliphatic heterocycles. The SMILES string of the molecule is CCc1cc(NS(=O)(=O)c2ccccc2)cc(C(COC(C)=O)Nc2ccc(C=NN)cc2)c1. The van der Waals surface area contributed by atoms with Gasteiger partial charge in [0, 0.05) is 18.3 Å². The molecule has 3 aromatic carbocycles. The lowest BCUT2D eigenvalue weighted by molar-refractivity contribution is -0.141. The number of ether oxygens (including phenoxy) is 1. The second-order valence-electron chi connectivity index (χ2n) is 7.64. The average molecular weight is 481 g/mol. The van der Waals surface area contributed by atoms with Crippen molar-refractivity contribution in [3.8, 4) is 0 Å². The number of nitrogens with zero attached hydrogens (tertiary/aromatic N) is 1. The van der Waals surface area contributed by atoms with E-state index in [1.807, 2.05) is 37.3 Å². The topological polar surface area (TPSA) is 123 Å². The molecule has 0 fully saturated rings. The lowest BCUT2D eigenvalue weighted by Gasteiger charge is -2.22. The summed E-state index contributed by atoms with van der Waals surface area (Å²) in [5, 5.41) is 6.88. The molecule has 0 aliphatic rings. The number of hydrogen-bond donors (Lipinski definition) is 3. The zero-order valence-electron chi connectivity index (χ0n) is 19.1. The number of carbonyl (C=O) groups excluding carboxylic acids is 1. The number of nitrogens with two attached hydrogens (primary N) is 1. The van der Waals surface area contributed by atoms with Gasteiger partial charge in [0.2, 0.25) is 0 Å². The molecule has 34 heavy (non-hydrogen) atoms. The summed E-state index contributed by atoms with van der Waals surface area (Å²) in [6.07, 6.45) is 2.23. The zero-order chi connectivity index (χ0) is 24.6. The Hall–Kier alpha value is -3.85. The fourth-order valence-corrected chi connectivity index (χ4v) is 4.43. The molecule has 3 aromatic rings. The van der Waals surface area contributed by atoms with E-state index in [1.165, 1.54) is 25.3 Å². The molecule has 1 unspecified atom stereocenters. The van der Waals surface area contributed by atoms with Crippen LogP contribution < -0.4 is 15.9 Å². The van der Waals surface area contributed by atoms with Gasteiger partial charge < -0.3 is 15.9 Å². The average Bonchev–Trinajstić information content (AvgIpc) is 2.83. The van der Waals surface area contributed by atoms with E-state index in [9.17, 15) is 13.2 Å². The number of esters is 1. The Labute approximate surface area is 199 Å². The third-order valence-electron chi connectivity index (χ3n) is 5.06. The minimum Gasteiger partial charge on any atom is -0.463 e. The number of aryl methyl sites for hydroxylation is 1. The fraction of sp³-hybridized carbons (Fsp3) is 0.200. The molecule has 1 atom stereocenters. The van der Waals surface area contributed by atoms with E-state index < -0.39 is 22.0 Å². The Kier molecular flexibility index (Phi) is 8.26. The second-order valence-corrected chi connectivity index (χ2v) is 9.32. The number of hydrazone groups is 1. The van der Waals surface area contributed by atoms with Crippen molar-refractivity contribution in [3.63, 3.8) is 0 Å². The lowest BCUT2D eigenvalue weighted by Crippen LogP contribution is -2.20. The Morgan fingerprint density at radius 3 is 2.38 bits per heavy atom. The van der Waals surface area contributed by atoms with Crippen molar-refractivity contribution < 1.29 is 17.9 Å². The number of carbonyl (C=O) groups is 1. The van der Waals surface area contributed by atoms with Crippen LogP contribution >= 0.6 is 0 Å². The summed E-state index contributed by atoms with van der Waals surface area (Å²) in [5.41, 5.74) is 3.78. The molecule has 9 heteroatoms. The van der Waals surface area contributed by atoms with Gasteiger partial charge in [-0.3, -0.25) is 9.52 Å². The molecule has 0 bridgehead atoms. The molecule has 0 heterocycles. The smallest absolute Gasteiger partial charge is 0.302 e. The predicted octanol–water partition coefficient (Wildman–Crippen LogP) is 4.06. The highest BCUT2D eigenvalue weighted by Crippen LogP contribution is 2.27. The van der Waals surface area contributed by atoms with Crippen LogP contribution in [0.5, 0.6) is 0 Å². The van der Waals surface area contributed by atoms with Crippen molar-refractivity contribution in [1.29, 1.82) is 0 Å². The first-order valence-corrected chi connectivity index (χ1v) is 12.2. The van der Waals surface area contributed by atoms with Crippen molar-refractivity contribution in [2.24, 2.45) is 10.9 Å². The van der Waals surface area contributed by atoms with Gasteiger partial charge in [0.25, 0.3) is 10.0 Å². The van der Waals surface area contributed by atoms with Crippen LogP contribution in [-0.4, -0.2) is 27.2 Å². The molecule has 0 aliphatic carbocycles. The lowest BCUT2D eigenvalue weighted by atomic mass is 10.0. The first-order chi connectivity index (χ1) is 16.3. The molecule has 0 aromatic heterocycles. The molecule has 178 valence electrons. The van der Waals surface area contributed by atoms with Crippen LogP contribution in [0, 0.1) is 0 Å². The monoisotopic (exact) mass is 480 g/mol. The van der Waals surface area contributed by atoms with Crippen LogP contribution in [0.2, 0.25) is 0 Å². The summed E-state index contributed by atoms with van der Waals surface area (Å²) in [5.74, 6) is 4.80. The molecule has 3 rings (SSSR count). The van der Waals surface area contributed by atoms with Gasteiger partial charge in [0.05, 0.1) is 17.2 Å². The van der Waals surface area contributed by atoms with Crippen molar-refractivity contribution in [2.75, 3.05) is 16.6 Å². The zero-order valence-corrected chi connectivity index (χ0v) is 19.9. The first kappa shape index (κ1) is 24.8. The number of nitrogens with one attached hydrogen (secondary N) is 2. The number of benzene rings is 3. The minimum atomic E-state index is -3.75. The summed E-state index contributed by atoms with van der Waals surface area (Å²) in [6.45, 7) is 3.40. The molecule has 0 saturated heterocycles. The van der Waals surface area contributed by atoms with E-state index in [4.69, 9.17) is 10.6 Å². The summed E-state index contributed by atoms with van der Waals surface area (Å²) in [4.78, 5) is 11.7. The number of rotatable bonds is 10. The van der Waals surface area contributed by atoms with Gasteiger partial charge in [-0.05, 0) is 59.5 Å². The van der Waals surface area contributed by atoms with Crippen LogP contribution in [0.3, 0.4) is 0 Å². The van der Waals surface area contributed by atoms with Crippen LogP contribution in [-0.2, 0) is 26.0 Å². The highest BCUT2D eigenvalue weighted by molar-refractivity contribution is 7.92. The highest BCUT2D eigenvalue weighted by atomic mass is 32.2. The molecule has 4 N–H and O–H groups in total. The van der Waals surface area contributed by atoms with Gasteiger partial charge in [-0.15, -0.1) is 0 Å². The van der Waals surface area contributed by atoms with E-state index in [2.05, 4.69) is 15.1 Å². The maximum atomic E-state index is 12.9. The van der Waals surface area contributed by atoms with Crippen molar-refractivity contribution in [3.05, 3.63) is 89.5 Å². The largest absolute Gasteiger partial charge is 0.463 e. The van der Waals surface area contributed by atoms with Gasteiger partial charge in [-0.1, -0.05) is 43.3 Å². The summed E-state index contributed by atoms with van der Waals surface area (Å²) in [7, 11) is -3.75. The number of anilines is 2. The first-order valence-electron chi connectivity index (χ1n) is 10.8. The number of sulfonamides is 1. The Morgan fingerprint density at radius 1 is 1.06 bits per heavy atom. The Bertz CT molecular complexity index is 1240. The van der Waals surface area contributed by atoms with Crippen LogP contribution in [0.25, 0.3) is 0 Å². The molecule has 0 amide bonds. The summed E-state index contributed by atoms with van der Waals surface area (Å²) in [6, 6.07) is 20.7. The fourth-order valence-electron chi connectivity index (χ4n) is 3.37. The summed E-state index contributed by atoms with van der Waals surface area (Å²) >= 11 is 0. The minimum absolute atomic E-state index is 0.0688. The Balaban J connectivity index is 1.93. The standard InChI is InChI=1S/C25H28N4O4S/c1-3-19-13-21(15-23(14-19)29-34(31,32)24-7-5-4-6-8-24)25(17-33-18(2)30)28-22-11-9-20(10-12-22)16-27-26/h4-16,25,28-29H,3,17,26H2,1-2H3. The van der Waals surface area contributed by atoms with E-state index in [1.54, 1.807) is 30.3 Å². The van der Waals surface area contributed by atoms with E-state index in [-0.39, 0.29) is 11.5 Å². The molecular weight excluding hydrogens is 452 g/mol. The van der Waals surface area contributed by atoms with Gasteiger partial charge in [0.15, 0.2) is 0 Å². The molecule has 0 spiro atoms. The van der Waals surface area contributed by atoms with Gasteiger partial charge >= 0.3 is 5.97 Å². The Morgan fingerprint density at radius 2 is 1.76 bits per heavy atom. The normalized spacial score (nSPS) is 12.3. The highest BCUT2D eigenvalue weighted by Gasteiger charge is 2.18. The van der Waals surface area contributed by atoms with Crippen molar-refractivity contribution in [2.45, 2.75) is 31.2 Å². The van der Waals surface area contributed by atoms with Gasteiger partial charge in [-0.25, -0.2) is 8.42 Å². The maximum Gasteiger partial charge on any atom is 0.302 e. The molecular formula is C25H28N4O4S. The van der Waals surface area contributed by atoms with Gasteiger partial charge in [0.1, 0.15) is 6.61 Å². The quantitative estimate of drug-likeness (QED) is 0.174. The molecule has 0 radical (unpaired) electrons. The second kappa shape index (κ2) is 11.3. The third kappa shape index (κ3) is 6.82. The van der Waals surface area contributed by atoms with E-state index in [0.29, 0.717) is 12.1 Å². The summed E-state index contributed by atoms with van der Waals surface area (Å²) < 4.78 is 33.7. The number of hydrogen-bond acceptors (Lipinski definition) is 7. The third-order valence-corrected chi connectivity index (χ3v) is 6.46. The van der Waals surface area contributed by atoms with Crippen molar-refractivity contribution in [1.82, 2.24) is 0 Å². The van der Waals surface area contributed by atoms with Crippen molar-refractivity contribution >= 4 is 33.6 Å². The maximum absolute atomic E-state index is 12.9.